The molecule has 0 N–H and O–H groups in total. The van der Waals surface area contributed by atoms with Crippen LogP contribution in [0.3, 0.4) is 0 Å². The van der Waals surface area contributed by atoms with Crippen molar-refractivity contribution >= 4 is 0 Å². The minimum absolute atomic E-state index is 0.0422. The highest BCUT2D eigenvalue weighted by Gasteiger charge is 2.23. The molecule has 1 aliphatic heterocycles. The van der Waals surface area contributed by atoms with Crippen LogP contribution in [-0.2, 0) is 0 Å². The third-order valence-corrected chi connectivity index (χ3v) is 2.56. The Balaban J connectivity index is 2.10. The van der Waals surface area contributed by atoms with Crippen LogP contribution in [0.2, 0.25) is 0 Å². The molecule has 0 aliphatic carbocycles. The zero-order chi connectivity index (χ0) is 11.5. The first-order valence-corrected chi connectivity index (χ1v) is 5.08. The van der Waals surface area contributed by atoms with Gasteiger partial charge in [0.25, 0.3) is 0 Å². The quantitative estimate of drug-likeness (QED) is 0.777. The molecule has 0 amide bonds. The molecule has 86 valence electrons. The number of hydrogen-bond acceptors (Lipinski definition) is 3. The van der Waals surface area contributed by atoms with Crippen LogP contribution in [0.4, 0.5) is 8.78 Å². The van der Waals surface area contributed by atoms with E-state index in [9.17, 15) is 8.78 Å². The van der Waals surface area contributed by atoms with E-state index < -0.39 is 6.61 Å². The number of hydrogen-bond donors (Lipinski definition) is 0. The van der Waals surface area contributed by atoms with Crippen molar-refractivity contribution in [2.75, 3.05) is 6.54 Å². The van der Waals surface area contributed by atoms with Crippen molar-refractivity contribution in [3.63, 3.8) is 0 Å². The third kappa shape index (κ3) is 2.35. The molecular weight excluding hydrogens is 214 g/mol. The Morgan fingerprint density at radius 1 is 1.31 bits per heavy atom. The van der Waals surface area contributed by atoms with Crippen molar-refractivity contribution in [3.8, 4) is 5.75 Å². The normalized spacial score (nSPS) is 24.0. The van der Waals surface area contributed by atoms with Gasteiger partial charge in [-0.1, -0.05) is 19.1 Å². The van der Waals surface area contributed by atoms with Crippen molar-refractivity contribution in [3.05, 3.63) is 29.8 Å². The second-order valence-electron chi connectivity index (χ2n) is 3.81. The van der Waals surface area contributed by atoms with Crippen molar-refractivity contribution in [2.24, 2.45) is 16.1 Å². The zero-order valence-corrected chi connectivity index (χ0v) is 8.81. The third-order valence-electron chi connectivity index (χ3n) is 2.56. The number of nitrogens with zero attached hydrogens (tertiary/aromatic N) is 2. The molecule has 0 spiro atoms. The van der Waals surface area contributed by atoms with Gasteiger partial charge < -0.3 is 4.74 Å². The Hall–Kier alpha value is -1.52. The van der Waals surface area contributed by atoms with Gasteiger partial charge in [0, 0.05) is 5.92 Å². The van der Waals surface area contributed by atoms with Crippen LogP contribution in [0, 0.1) is 5.92 Å². The maximum Gasteiger partial charge on any atom is 0.387 e. The number of azo groups is 1. The highest BCUT2D eigenvalue weighted by molar-refractivity contribution is 5.29. The fraction of sp³-hybridized carbons (Fsp3) is 0.455. The van der Waals surface area contributed by atoms with Crippen LogP contribution in [0.25, 0.3) is 0 Å². The summed E-state index contributed by atoms with van der Waals surface area (Å²) in [5.41, 5.74) is 0.982. The van der Waals surface area contributed by atoms with E-state index in [1.165, 1.54) is 12.1 Å². The maximum absolute atomic E-state index is 11.9. The molecule has 2 rings (SSSR count). The Morgan fingerprint density at radius 2 is 2.00 bits per heavy atom. The predicted octanol–water partition coefficient (Wildman–Crippen LogP) is 3.43. The molecule has 1 aromatic rings. The largest absolute Gasteiger partial charge is 0.435 e. The van der Waals surface area contributed by atoms with E-state index in [1.807, 2.05) is 0 Å². The Bertz CT molecular complexity index is 378. The van der Waals surface area contributed by atoms with E-state index in [1.54, 1.807) is 12.1 Å². The number of benzene rings is 1. The molecule has 2 unspecified atom stereocenters. The van der Waals surface area contributed by atoms with E-state index >= 15 is 0 Å². The summed E-state index contributed by atoms with van der Waals surface area (Å²) in [4.78, 5) is 0. The van der Waals surface area contributed by atoms with Crippen molar-refractivity contribution in [1.82, 2.24) is 0 Å². The molecule has 1 aliphatic rings. The second kappa shape index (κ2) is 4.55. The fourth-order valence-corrected chi connectivity index (χ4v) is 1.72. The summed E-state index contributed by atoms with van der Waals surface area (Å²) < 4.78 is 28.1. The first-order valence-electron chi connectivity index (χ1n) is 5.08. The van der Waals surface area contributed by atoms with Gasteiger partial charge in [-0.2, -0.15) is 19.0 Å². The summed E-state index contributed by atoms with van der Waals surface area (Å²) in [6, 6.07) is 6.61. The summed E-state index contributed by atoms with van der Waals surface area (Å²) in [7, 11) is 0. The Morgan fingerprint density at radius 3 is 2.50 bits per heavy atom. The fourth-order valence-electron chi connectivity index (χ4n) is 1.72. The van der Waals surface area contributed by atoms with Gasteiger partial charge in [0.2, 0.25) is 0 Å². The van der Waals surface area contributed by atoms with Gasteiger partial charge >= 0.3 is 6.61 Å². The van der Waals surface area contributed by atoms with E-state index in [0.717, 1.165) is 12.1 Å². The van der Waals surface area contributed by atoms with Crippen LogP contribution >= 0.6 is 0 Å². The summed E-state index contributed by atoms with van der Waals surface area (Å²) in [6.07, 6.45) is 0. The molecular formula is C11H12F2N2O. The summed E-state index contributed by atoms with van der Waals surface area (Å²) in [6.45, 7) is 0.00436. The van der Waals surface area contributed by atoms with Crippen LogP contribution in [-0.4, -0.2) is 13.2 Å². The highest BCUT2D eigenvalue weighted by atomic mass is 19.3. The average molecular weight is 226 g/mol. The highest BCUT2D eigenvalue weighted by Crippen LogP contribution is 2.32. The van der Waals surface area contributed by atoms with Crippen molar-refractivity contribution in [1.29, 1.82) is 0 Å². The predicted molar refractivity (Wildman–Crippen MR) is 54.7 cm³/mol. The molecule has 2 atom stereocenters. The first kappa shape index (κ1) is 11.0. The van der Waals surface area contributed by atoms with Gasteiger partial charge in [0.15, 0.2) is 0 Å². The molecule has 1 aromatic carbocycles. The molecule has 0 radical (unpaired) electrons. The average Bonchev–Trinajstić information content (AvgIpc) is 2.65. The smallest absolute Gasteiger partial charge is 0.387 e. The van der Waals surface area contributed by atoms with E-state index in [4.69, 9.17) is 0 Å². The molecule has 1 heterocycles. The number of ether oxygens (including phenoxy) is 1. The van der Waals surface area contributed by atoms with Crippen LogP contribution < -0.4 is 4.74 Å². The van der Waals surface area contributed by atoms with Crippen LogP contribution in [0.1, 0.15) is 18.5 Å². The van der Waals surface area contributed by atoms with Gasteiger partial charge in [-0.05, 0) is 17.7 Å². The Labute approximate surface area is 92.1 Å². The lowest BCUT2D eigenvalue weighted by Gasteiger charge is -2.12. The molecule has 3 nitrogen and oxygen atoms in total. The minimum atomic E-state index is -2.78. The first-order chi connectivity index (χ1) is 7.66. The lowest BCUT2D eigenvalue weighted by atomic mass is 9.96. The minimum Gasteiger partial charge on any atom is -0.435 e. The van der Waals surface area contributed by atoms with Gasteiger partial charge in [0.05, 0.1) is 6.54 Å². The number of halogens is 2. The van der Waals surface area contributed by atoms with E-state index in [0.29, 0.717) is 5.92 Å². The number of rotatable bonds is 3. The lowest BCUT2D eigenvalue weighted by molar-refractivity contribution is -0.0498. The van der Waals surface area contributed by atoms with Gasteiger partial charge in [-0.15, -0.1) is 0 Å². The maximum atomic E-state index is 11.9. The van der Waals surface area contributed by atoms with Crippen LogP contribution in [0.15, 0.2) is 34.5 Å². The molecule has 0 saturated heterocycles. The second-order valence-corrected chi connectivity index (χ2v) is 3.81. The van der Waals surface area contributed by atoms with Gasteiger partial charge in [-0.25, -0.2) is 0 Å². The molecule has 0 fully saturated rings. The summed E-state index contributed by atoms with van der Waals surface area (Å²) >= 11 is 0. The Kier molecular flexibility index (Phi) is 3.12. The topological polar surface area (TPSA) is 34.0 Å². The monoisotopic (exact) mass is 226 g/mol. The van der Waals surface area contributed by atoms with Crippen LogP contribution in [0.5, 0.6) is 5.75 Å². The van der Waals surface area contributed by atoms with Gasteiger partial charge in [-0.3, -0.25) is 0 Å². The molecule has 0 bridgehead atoms. The van der Waals surface area contributed by atoms with Gasteiger partial charge in [0.1, 0.15) is 11.8 Å². The lowest BCUT2D eigenvalue weighted by Crippen LogP contribution is -2.05. The zero-order valence-electron chi connectivity index (χ0n) is 8.81. The standard InChI is InChI=1S/C11H12F2N2O/c1-7-6-14-15-10(7)8-2-4-9(5-3-8)16-11(12)13/h2-5,7,10-11H,6H2,1H3. The van der Waals surface area contributed by atoms with E-state index in [-0.39, 0.29) is 11.8 Å². The molecule has 0 saturated carbocycles. The summed E-state index contributed by atoms with van der Waals surface area (Å²) in [5, 5.41) is 8.08. The van der Waals surface area contributed by atoms with Crippen molar-refractivity contribution in [2.45, 2.75) is 19.6 Å². The molecule has 5 heteroatoms. The molecule has 16 heavy (non-hydrogen) atoms. The molecule has 0 aromatic heterocycles. The number of alkyl halides is 2. The van der Waals surface area contributed by atoms with Crippen molar-refractivity contribution < 1.29 is 13.5 Å². The summed E-state index contributed by atoms with van der Waals surface area (Å²) in [5.74, 6) is 0.531. The SMILES string of the molecule is CC1CN=NC1c1ccc(OC(F)F)cc1. The van der Waals surface area contributed by atoms with E-state index in [2.05, 4.69) is 21.9 Å².